The molecule has 0 bridgehead atoms. The molecule has 0 fully saturated rings. The molecule has 4 N–H and O–H groups in total. The van der Waals surface area contributed by atoms with Crippen molar-refractivity contribution in [2.24, 2.45) is 21.7 Å². The maximum absolute atomic E-state index is 5.67. The van der Waals surface area contributed by atoms with E-state index in [1.165, 1.54) is 19.3 Å². The molecule has 1 aromatic rings. The second-order valence-electron chi connectivity index (χ2n) is 4.25. The van der Waals surface area contributed by atoms with Crippen molar-refractivity contribution in [2.75, 3.05) is 6.61 Å². The number of unbranched alkanes of at least 4 members (excludes halogenated alkanes) is 3. The van der Waals surface area contributed by atoms with Crippen molar-refractivity contribution in [3.63, 3.8) is 0 Å². The Bertz CT molecular complexity index is 425. The lowest BCUT2D eigenvalue weighted by atomic mass is 10.2. The Hall–Kier alpha value is -2.04. The molecule has 1 rings (SSSR count). The molecule has 5 nitrogen and oxygen atoms in total. The van der Waals surface area contributed by atoms with Crippen LogP contribution in [0.4, 0.5) is 0 Å². The average Bonchev–Trinajstić information content (AvgIpc) is 2.39. The van der Waals surface area contributed by atoms with Crippen molar-refractivity contribution < 1.29 is 4.74 Å². The van der Waals surface area contributed by atoms with E-state index in [1.54, 1.807) is 6.21 Å². The lowest BCUT2D eigenvalue weighted by Crippen LogP contribution is -2.21. The van der Waals surface area contributed by atoms with Crippen molar-refractivity contribution in [3.8, 4) is 5.75 Å². The van der Waals surface area contributed by atoms with Gasteiger partial charge in [-0.25, -0.2) is 0 Å². The summed E-state index contributed by atoms with van der Waals surface area (Å²) < 4.78 is 5.67. The molecule has 0 aromatic heterocycles. The Morgan fingerprint density at radius 1 is 1.26 bits per heavy atom. The largest absolute Gasteiger partial charge is 0.494 e. The van der Waals surface area contributed by atoms with Crippen LogP contribution in [0.25, 0.3) is 0 Å². The molecule has 0 saturated heterocycles. The van der Waals surface area contributed by atoms with Crippen LogP contribution in [0.15, 0.2) is 34.5 Å². The fourth-order valence-electron chi connectivity index (χ4n) is 1.57. The van der Waals surface area contributed by atoms with E-state index in [9.17, 15) is 0 Å². The van der Waals surface area contributed by atoms with Crippen LogP contribution in [0.5, 0.6) is 5.75 Å². The van der Waals surface area contributed by atoms with E-state index in [0.717, 1.165) is 24.3 Å². The smallest absolute Gasteiger partial charge is 0.211 e. The minimum atomic E-state index is -0.0559. The summed E-state index contributed by atoms with van der Waals surface area (Å²) in [5.41, 5.74) is 11.3. The third kappa shape index (κ3) is 7.08. The van der Waals surface area contributed by atoms with Crippen LogP contribution in [-0.2, 0) is 0 Å². The second kappa shape index (κ2) is 8.97. The van der Waals surface area contributed by atoms with Crippen LogP contribution in [0, 0.1) is 0 Å². The molecule has 0 unspecified atom stereocenters. The Morgan fingerprint density at radius 2 is 2.11 bits per heavy atom. The normalized spacial score (nSPS) is 10.6. The molecule has 0 radical (unpaired) electrons. The Kier molecular flexibility index (Phi) is 7.09. The topological polar surface area (TPSA) is 86.0 Å². The molecular formula is C14H22N4O. The molecule has 0 spiro atoms. The van der Waals surface area contributed by atoms with Crippen LogP contribution < -0.4 is 16.2 Å². The summed E-state index contributed by atoms with van der Waals surface area (Å²) in [6.45, 7) is 2.94. The number of hydrogen-bond acceptors (Lipinski definition) is 3. The predicted octanol–water partition coefficient (Wildman–Crippen LogP) is 2.25. The summed E-state index contributed by atoms with van der Waals surface area (Å²) in [5.74, 6) is 0.782. The van der Waals surface area contributed by atoms with E-state index in [2.05, 4.69) is 17.1 Å². The van der Waals surface area contributed by atoms with E-state index in [1.807, 2.05) is 24.3 Å². The molecule has 1 aromatic carbocycles. The van der Waals surface area contributed by atoms with Crippen LogP contribution in [0.2, 0.25) is 0 Å². The van der Waals surface area contributed by atoms with Crippen molar-refractivity contribution in [1.29, 1.82) is 0 Å². The molecule has 0 aliphatic rings. The van der Waals surface area contributed by atoms with Gasteiger partial charge >= 0.3 is 0 Å². The number of guanidine groups is 1. The minimum absolute atomic E-state index is 0.0559. The van der Waals surface area contributed by atoms with Crippen molar-refractivity contribution in [1.82, 2.24) is 0 Å². The zero-order valence-electron chi connectivity index (χ0n) is 11.4. The summed E-state index contributed by atoms with van der Waals surface area (Å²) in [6, 6.07) is 7.66. The summed E-state index contributed by atoms with van der Waals surface area (Å²) in [7, 11) is 0. The van der Waals surface area contributed by atoms with Crippen LogP contribution >= 0.6 is 0 Å². The Morgan fingerprint density at radius 3 is 2.84 bits per heavy atom. The fourth-order valence-corrected chi connectivity index (χ4v) is 1.57. The maximum atomic E-state index is 5.67. The van der Waals surface area contributed by atoms with Crippen LogP contribution in [0.3, 0.4) is 0 Å². The van der Waals surface area contributed by atoms with Gasteiger partial charge in [-0.1, -0.05) is 38.3 Å². The van der Waals surface area contributed by atoms with Gasteiger partial charge in [-0.2, -0.15) is 5.10 Å². The number of nitrogens with zero attached hydrogens (tertiary/aromatic N) is 2. The third-order valence-corrected chi connectivity index (χ3v) is 2.50. The molecule has 5 heteroatoms. The number of hydrogen-bond donors (Lipinski definition) is 2. The molecule has 0 aliphatic heterocycles. The van der Waals surface area contributed by atoms with Crippen molar-refractivity contribution in [3.05, 3.63) is 29.8 Å². The highest BCUT2D eigenvalue weighted by atomic mass is 16.5. The van der Waals surface area contributed by atoms with Gasteiger partial charge in [0, 0.05) is 0 Å². The van der Waals surface area contributed by atoms with Crippen LogP contribution in [0.1, 0.15) is 38.2 Å². The first-order chi connectivity index (χ1) is 9.22. The molecule has 0 amide bonds. The van der Waals surface area contributed by atoms with E-state index in [-0.39, 0.29) is 5.96 Å². The predicted molar refractivity (Wildman–Crippen MR) is 79.5 cm³/mol. The Balaban J connectivity index is 2.43. The highest BCUT2D eigenvalue weighted by molar-refractivity contribution is 5.81. The van der Waals surface area contributed by atoms with Gasteiger partial charge in [0.2, 0.25) is 5.96 Å². The fraction of sp³-hybridized carbons (Fsp3) is 0.429. The van der Waals surface area contributed by atoms with Crippen molar-refractivity contribution in [2.45, 2.75) is 32.6 Å². The maximum Gasteiger partial charge on any atom is 0.211 e. The van der Waals surface area contributed by atoms with Crippen LogP contribution in [-0.4, -0.2) is 18.8 Å². The monoisotopic (exact) mass is 262 g/mol. The minimum Gasteiger partial charge on any atom is -0.494 e. The third-order valence-electron chi connectivity index (χ3n) is 2.50. The second-order valence-corrected chi connectivity index (χ2v) is 4.25. The van der Waals surface area contributed by atoms with E-state index < -0.39 is 0 Å². The summed E-state index contributed by atoms with van der Waals surface area (Å²) >= 11 is 0. The standard InChI is InChI=1S/C14H22N4O/c1-2-3-4-5-9-19-13-8-6-7-12(10-13)11-17-18-14(15)16/h6-8,10-11H,2-5,9H2,1H3,(H4,15,16,18)/b17-11+. The number of rotatable bonds is 8. The van der Waals surface area contributed by atoms with Crippen molar-refractivity contribution >= 4 is 12.2 Å². The molecule has 0 saturated carbocycles. The molecule has 0 atom stereocenters. The summed E-state index contributed by atoms with van der Waals surface area (Å²) in [4.78, 5) is 0. The van der Waals surface area contributed by atoms with Gasteiger partial charge in [0.05, 0.1) is 12.8 Å². The first-order valence-electron chi connectivity index (χ1n) is 6.57. The zero-order valence-corrected chi connectivity index (χ0v) is 11.4. The molecule has 0 heterocycles. The van der Waals surface area contributed by atoms with E-state index in [0.29, 0.717) is 0 Å². The van der Waals surface area contributed by atoms with E-state index >= 15 is 0 Å². The van der Waals surface area contributed by atoms with Gasteiger partial charge in [0.25, 0.3) is 0 Å². The van der Waals surface area contributed by atoms with Gasteiger partial charge < -0.3 is 16.2 Å². The molecule has 0 aliphatic carbocycles. The average molecular weight is 262 g/mol. The SMILES string of the molecule is CCCCCCOc1cccc(/C=N/N=C(N)N)c1. The zero-order chi connectivity index (χ0) is 13.9. The van der Waals surface area contributed by atoms with Gasteiger partial charge in [-0.15, -0.1) is 5.10 Å². The first-order valence-corrected chi connectivity index (χ1v) is 6.57. The summed E-state index contributed by atoms with van der Waals surface area (Å²) in [5, 5.41) is 7.31. The van der Waals surface area contributed by atoms with Gasteiger partial charge in [-0.3, -0.25) is 0 Å². The highest BCUT2D eigenvalue weighted by Gasteiger charge is 1.95. The molecular weight excluding hydrogens is 240 g/mol. The molecule has 19 heavy (non-hydrogen) atoms. The lowest BCUT2D eigenvalue weighted by molar-refractivity contribution is 0.305. The number of ether oxygens (including phenoxy) is 1. The van der Waals surface area contributed by atoms with E-state index in [4.69, 9.17) is 16.2 Å². The number of benzene rings is 1. The van der Waals surface area contributed by atoms with Gasteiger partial charge in [0.15, 0.2) is 0 Å². The van der Waals surface area contributed by atoms with Gasteiger partial charge in [0.1, 0.15) is 5.75 Å². The molecule has 104 valence electrons. The first kappa shape index (κ1) is 15.0. The number of nitrogens with two attached hydrogens (primary N) is 2. The summed E-state index contributed by atoms with van der Waals surface area (Å²) in [6.07, 6.45) is 6.37. The van der Waals surface area contributed by atoms with Gasteiger partial charge in [-0.05, 0) is 24.1 Å². The Labute approximate surface area is 114 Å². The highest BCUT2D eigenvalue weighted by Crippen LogP contribution is 2.13. The lowest BCUT2D eigenvalue weighted by Gasteiger charge is -2.06. The quantitative estimate of drug-likeness (QED) is 0.326.